The monoisotopic (exact) mass is 335 g/mol. The maximum absolute atomic E-state index is 11.8. The van der Waals surface area contributed by atoms with Gasteiger partial charge in [0.15, 0.2) is 0 Å². The quantitative estimate of drug-likeness (QED) is 0.719. The smallest absolute Gasteiger partial charge is 0.411 e. The number of carbonyl (C=O) groups excluding carboxylic acids is 1. The summed E-state index contributed by atoms with van der Waals surface area (Å²) in [5.74, 6) is 0. The molecule has 0 saturated heterocycles. The highest BCUT2D eigenvalue weighted by Gasteiger charge is 2.06. The van der Waals surface area contributed by atoms with E-state index in [1.165, 1.54) is 6.07 Å². The predicted octanol–water partition coefficient (Wildman–Crippen LogP) is 4.36. The third-order valence-corrected chi connectivity index (χ3v) is 3.62. The minimum absolute atomic E-state index is 0.155. The zero-order valence-electron chi connectivity index (χ0n) is 13.7. The molecule has 3 rings (SSSR count). The molecule has 1 heterocycles. The van der Waals surface area contributed by atoms with Gasteiger partial charge in [-0.25, -0.2) is 9.59 Å². The molecule has 1 amide bonds. The summed E-state index contributed by atoms with van der Waals surface area (Å²) in [6, 6.07) is 16.3. The Bertz CT molecular complexity index is 974. The fourth-order valence-corrected chi connectivity index (χ4v) is 2.43. The van der Waals surface area contributed by atoms with Gasteiger partial charge < -0.3 is 9.15 Å². The van der Waals surface area contributed by atoms with Crippen molar-refractivity contribution in [3.8, 4) is 0 Å². The van der Waals surface area contributed by atoms with E-state index < -0.39 is 11.7 Å². The van der Waals surface area contributed by atoms with Crippen molar-refractivity contribution in [3.05, 3.63) is 82.2 Å². The van der Waals surface area contributed by atoms with Gasteiger partial charge in [0.2, 0.25) is 0 Å². The third kappa shape index (κ3) is 4.35. The molecule has 0 saturated carbocycles. The summed E-state index contributed by atoms with van der Waals surface area (Å²) in [4.78, 5) is 23.3. The van der Waals surface area contributed by atoms with Crippen LogP contribution in [0, 0.1) is 6.92 Å². The summed E-state index contributed by atoms with van der Waals surface area (Å²) in [7, 11) is 0. The number of nitrogens with one attached hydrogen (secondary N) is 1. The topological polar surface area (TPSA) is 68.5 Å². The summed E-state index contributed by atoms with van der Waals surface area (Å²) >= 11 is 0. The van der Waals surface area contributed by atoms with Crippen molar-refractivity contribution in [1.82, 2.24) is 0 Å². The van der Waals surface area contributed by atoms with Gasteiger partial charge in [0, 0.05) is 23.2 Å². The molecule has 3 aromatic rings. The first kappa shape index (κ1) is 16.5. The number of aryl methyl sites for hydroxylation is 1. The Balaban J connectivity index is 1.60. The number of carbonyl (C=O) groups is 1. The highest BCUT2D eigenvalue weighted by atomic mass is 16.5. The molecule has 1 aromatic heterocycles. The number of rotatable bonds is 4. The standard InChI is InChI=1S/C20H17NO4/c1-14-12-19(22)25-18-13-16(9-10-17(14)18)21-20(23)24-11-5-8-15-6-3-2-4-7-15/h2-10,12-13H,11H2,1H3,(H,21,23)/b8-5+. The van der Waals surface area contributed by atoms with Crippen LogP contribution in [-0.4, -0.2) is 12.7 Å². The number of hydrogen-bond donors (Lipinski definition) is 1. The Morgan fingerprint density at radius 1 is 1.16 bits per heavy atom. The van der Waals surface area contributed by atoms with Crippen LogP contribution in [0.25, 0.3) is 17.0 Å². The first-order chi connectivity index (χ1) is 12.1. The summed E-state index contributed by atoms with van der Waals surface area (Å²) in [6.45, 7) is 1.99. The van der Waals surface area contributed by atoms with Gasteiger partial charge >= 0.3 is 11.7 Å². The van der Waals surface area contributed by atoms with E-state index in [2.05, 4.69) is 5.32 Å². The Labute approximate surface area is 144 Å². The van der Waals surface area contributed by atoms with E-state index >= 15 is 0 Å². The maximum atomic E-state index is 11.8. The fourth-order valence-electron chi connectivity index (χ4n) is 2.43. The Morgan fingerprint density at radius 3 is 2.76 bits per heavy atom. The summed E-state index contributed by atoms with van der Waals surface area (Å²) in [5, 5.41) is 3.44. The average molecular weight is 335 g/mol. The lowest BCUT2D eigenvalue weighted by atomic mass is 10.1. The molecule has 1 N–H and O–H groups in total. The van der Waals surface area contributed by atoms with Gasteiger partial charge in [0.1, 0.15) is 12.2 Å². The van der Waals surface area contributed by atoms with Gasteiger partial charge in [-0.2, -0.15) is 0 Å². The van der Waals surface area contributed by atoms with Crippen molar-refractivity contribution in [1.29, 1.82) is 0 Å². The van der Waals surface area contributed by atoms with Gasteiger partial charge in [-0.05, 0) is 36.3 Å². The predicted molar refractivity (Wildman–Crippen MR) is 97.7 cm³/mol. The Hall–Kier alpha value is -3.34. The van der Waals surface area contributed by atoms with Crippen molar-refractivity contribution in [2.75, 3.05) is 11.9 Å². The summed E-state index contributed by atoms with van der Waals surface area (Å²) in [6.07, 6.45) is 3.06. The number of anilines is 1. The third-order valence-electron chi connectivity index (χ3n) is 3.62. The van der Waals surface area contributed by atoms with E-state index in [9.17, 15) is 9.59 Å². The lowest BCUT2D eigenvalue weighted by Gasteiger charge is -2.07. The van der Waals surface area contributed by atoms with Gasteiger partial charge in [-0.15, -0.1) is 0 Å². The van der Waals surface area contributed by atoms with Crippen LogP contribution in [-0.2, 0) is 4.74 Å². The van der Waals surface area contributed by atoms with Crippen molar-refractivity contribution in [2.24, 2.45) is 0 Å². The largest absolute Gasteiger partial charge is 0.445 e. The van der Waals surface area contributed by atoms with E-state index in [0.29, 0.717) is 11.3 Å². The molecular formula is C20H17NO4. The van der Waals surface area contributed by atoms with Crippen LogP contribution in [0.1, 0.15) is 11.1 Å². The van der Waals surface area contributed by atoms with Crippen LogP contribution >= 0.6 is 0 Å². The lowest BCUT2D eigenvalue weighted by molar-refractivity contribution is 0.174. The maximum Gasteiger partial charge on any atom is 0.411 e. The zero-order chi connectivity index (χ0) is 17.6. The highest BCUT2D eigenvalue weighted by molar-refractivity contribution is 5.89. The van der Waals surface area contributed by atoms with Crippen LogP contribution in [0.5, 0.6) is 0 Å². The molecule has 0 aliphatic heterocycles. The Kier molecular flexibility index (Phi) is 4.95. The SMILES string of the molecule is Cc1cc(=O)oc2cc(NC(=O)OC/C=C/c3ccccc3)ccc12. The van der Waals surface area contributed by atoms with E-state index in [4.69, 9.17) is 9.15 Å². The van der Waals surface area contributed by atoms with Crippen LogP contribution in [0.3, 0.4) is 0 Å². The van der Waals surface area contributed by atoms with Gasteiger partial charge in [-0.1, -0.05) is 36.4 Å². The van der Waals surface area contributed by atoms with E-state index in [0.717, 1.165) is 16.5 Å². The van der Waals surface area contributed by atoms with Crippen molar-refractivity contribution in [2.45, 2.75) is 6.92 Å². The molecular weight excluding hydrogens is 318 g/mol. The molecule has 0 atom stereocenters. The van der Waals surface area contributed by atoms with Crippen LogP contribution in [0.2, 0.25) is 0 Å². The van der Waals surface area contributed by atoms with Crippen molar-refractivity contribution < 1.29 is 13.9 Å². The van der Waals surface area contributed by atoms with Crippen LogP contribution < -0.4 is 10.9 Å². The van der Waals surface area contributed by atoms with Crippen molar-refractivity contribution >= 4 is 28.8 Å². The molecule has 0 unspecified atom stereocenters. The first-order valence-electron chi connectivity index (χ1n) is 7.82. The van der Waals surface area contributed by atoms with Gasteiger partial charge in [-0.3, -0.25) is 5.32 Å². The molecule has 126 valence electrons. The molecule has 0 radical (unpaired) electrons. The second-order valence-corrected chi connectivity index (χ2v) is 5.50. The number of hydrogen-bond acceptors (Lipinski definition) is 4. The molecule has 2 aromatic carbocycles. The number of fused-ring (bicyclic) bond motifs is 1. The minimum Gasteiger partial charge on any atom is -0.445 e. The van der Waals surface area contributed by atoms with Crippen molar-refractivity contribution in [3.63, 3.8) is 0 Å². The molecule has 0 bridgehead atoms. The highest BCUT2D eigenvalue weighted by Crippen LogP contribution is 2.20. The minimum atomic E-state index is -0.577. The molecule has 25 heavy (non-hydrogen) atoms. The summed E-state index contributed by atoms with van der Waals surface area (Å²) < 4.78 is 10.3. The average Bonchev–Trinajstić information content (AvgIpc) is 2.59. The second-order valence-electron chi connectivity index (χ2n) is 5.50. The summed E-state index contributed by atoms with van der Waals surface area (Å²) in [5.41, 5.74) is 2.36. The fraction of sp³-hybridized carbons (Fsp3) is 0.100. The second kappa shape index (κ2) is 7.49. The van der Waals surface area contributed by atoms with E-state index in [-0.39, 0.29) is 6.61 Å². The number of amides is 1. The molecule has 0 spiro atoms. The van der Waals surface area contributed by atoms with Crippen LogP contribution in [0.15, 0.2) is 69.9 Å². The molecule has 5 nitrogen and oxygen atoms in total. The Morgan fingerprint density at radius 2 is 1.96 bits per heavy atom. The van der Waals surface area contributed by atoms with Gasteiger partial charge in [0.25, 0.3) is 0 Å². The van der Waals surface area contributed by atoms with Gasteiger partial charge in [0.05, 0.1) is 0 Å². The van der Waals surface area contributed by atoms with Crippen LogP contribution in [0.4, 0.5) is 10.5 Å². The van der Waals surface area contributed by atoms with E-state index in [1.54, 1.807) is 24.3 Å². The first-order valence-corrected chi connectivity index (χ1v) is 7.82. The lowest BCUT2D eigenvalue weighted by Crippen LogP contribution is -2.13. The molecule has 0 fully saturated rings. The number of ether oxygens (including phenoxy) is 1. The molecule has 5 heteroatoms. The zero-order valence-corrected chi connectivity index (χ0v) is 13.7. The molecule has 0 aliphatic rings. The van der Waals surface area contributed by atoms with E-state index in [1.807, 2.05) is 43.3 Å². The normalized spacial score (nSPS) is 10.9. The molecule has 0 aliphatic carbocycles. The number of benzene rings is 2.